The number of hydrogen-bond acceptors (Lipinski definition) is 3. The number of benzene rings is 2. The molecule has 0 aromatic heterocycles. The van der Waals surface area contributed by atoms with E-state index in [1.165, 1.54) is 0 Å². The Hall–Kier alpha value is -2.95. The summed E-state index contributed by atoms with van der Waals surface area (Å²) in [6.07, 6.45) is 3.32. The molecule has 0 bridgehead atoms. The number of anilines is 1. The van der Waals surface area contributed by atoms with Crippen molar-refractivity contribution in [1.82, 2.24) is 5.32 Å². The van der Waals surface area contributed by atoms with Crippen LogP contribution in [0.1, 0.15) is 5.56 Å². The standard InChI is InChI=1S/C17H18N2O3/c1-21-15-9-5-3-7-13(15)11-12-18-17(20)19-14-8-4-6-10-16(14)22-2/h3-12H,1-2H3,(H2,18,19,20)/b12-11+. The third-order valence-electron chi connectivity index (χ3n) is 2.97. The third-order valence-corrected chi connectivity index (χ3v) is 2.97. The Morgan fingerprint density at radius 1 is 0.955 bits per heavy atom. The predicted molar refractivity (Wildman–Crippen MR) is 87.2 cm³/mol. The number of carbonyl (C=O) groups excluding carboxylic acids is 1. The number of ether oxygens (including phenoxy) is 2. The molecule has 0 heterocycles. The highest BCUT2D eigenvalue weighted by molar-refractivity contribution is 5.91. The van der Waals surface area contributed by atoms with E-state index >= 15 is 0 Å². The normalized spacial score (nSPS) is 10.3. The van der Waals surface area contributed by atoms with Crippen LogP contribution in [0.2, 0.25) is 0 Å². The fourth-order valence-corrected chi connectivity index (χ4v) is 1.92. The second kappa shape index (κ2) is 7.73. The Labute approximate surface area is 129 Å². The molecule has 0 spiro atoms. The van der Waals surface area contributed by atoms with Gasteiger partial charge in [0.05, 0.1) is 19.9 Å². The SMILES string of the molecule is COc1ccccc1/C=C/NC(=O)Nc1ccccc1OC. The van der Waals surface area contributed by atoms with Crippen LogP contribution in [0, 0.1) is 0 Å². The topological polar surface area (TPSA) is 59.6 Å². The lowest BCUT2D eigenvalue weighted by atomic mass is 10.2. The van der Waals surface area contributed by atoms with Crippen molar-refractivity contribution in [3.8, 4) is 11.5 Å². The molecule has 0 atom stereocenters. The highest BCUT2D eigenvalue weighted by atomic mass is 16.5. The van der Waals surface area contributed by atoms with E-state index < -0.39 is 0 Å². The zero-order valence-corrected chi connectivity index (χ0v) is 12.5. The number of urea groups is 1. The van der Waals surface area contributed by atoms with Crippen LogP contribution in [0.4, 0.5) is 10.5 Å². The van der Waals surface area contributed by atoms with Gasteiger partial charge < -0.3 is 20.1 Å². The lowest BCUT2D eigenvalue weighted by Gasteiger charge is -2.09. The van der Waals surface area contributed by atoms with Gasteiger partial charge in [-0.2, -0.15) is 0 Å². The molecule has 0 aliphatic rings. The molecule has 0 saturated heterocycles. The van der Waals surface area contributed by atoms with Gasteiger partial charge in [0.1, 0.15) is 11.5 Å². The molecule has 114 valence electrons. The molecule has 2 amide bonds. The second-order valence-electron chi connectivity index (χ2n) is 4.37. The van der Waals surface area contributed by atoms with Crippen LogP contribution in [0.15, 0.2) is 54.7 Å². The first-order valence-corrected chi connectivity index (χ1v) is 6.74. The smallest absolute Gasteiger partial charge is 0.323 e. The largest absolute Gasteiger partial charge is 0.496 e. The molecular weight excluding hydrogens is 280 g/mol. The molecule has 2 N–H and O–H groups in total. The minimum Gasteiger partial charge on any atom is -0.496 e. The molecule has 0 saturated carbocycles. The molecule has 2 aromatic carbocycles. The van der Waals surface area contributed by atoms with Gasteiger partial charge in [-0.1, -0.05) is 30.3 Å². The van der Waals surface area contributed by atoms with Crippen molar-refractivity contribution in [2.24, 2.45) is 0 Å². The number of amides is 2. The van der Waals surface area contributed by atoms with Crippen LogP contribution in [0.3, 0.4) is 0 Å². The molecule has 2 rings (SSSR count). The van der Waals surface area contributed by atoms with Crippen LogP contribution in [0.25, 0.3) is 6.08 Å². The number of methoxy groups -OCH3 is 2. The molecule has 0 unspecified atom stereocenters. The summed E-state index contributed by atoms with van der Waals surface area (Å²) < 4.78 is 10.4. The lowest BCUT2D eigenvalue weighted by molar-refractivity contribution is 0.255. The maximum absolute atomic E-state index is 11.9. The lowest BCUT2D eigenvalue weighted by Crippen LogP contribution is -2.23. The van der Waals surface area contributed by atoms with Gasteiger partial charge in [-0.25, -0.2) is 4.79 Å². The number of para-hydroxylation sites is 3. The van der Waals surface area contributed by atoms with Gasteiger partial charge in [0.25, 0.3) is 0 Å². The molecule has 0 radical (unpaired) electrons. The minimum absolute atomic E-state index is 0.351. The van der Waals surface area contributed by atoms with Crippen LogP contribution < -0.4 is 20.1 Å². The number of hydrogen-bond donors (Lipinski definition) is 2. The van der Waals surface area contributed by atoms with E-state index in [9.17, 15) is 4.79 Å². The first-order chi connectivity index (χ1) is 10.7. The van der Waals surface area contributed by atoms with Crippen molar-refractivity contribution < 1.29 is 14.3 Å². The van der Waals surface area contributed by atoms with E-state index in [1.807, 2.05) is 36.4 Å². The Morgan fingerprint density at radius 2 is 1.59 bits per heavy atom. The van der Waals surface area contributed by atoms with Crippen molar-refractivity contribution in [2.45, 2.75) is 0 Å². The minimum atomic E-state index is -0.351. The molecule has 5 heteroatoms. The van der Waals surface area contributed by atoms with Crippen molar-refractivity contribution in [1.29, 1.82) is 0 Å². The maximum Gasteiger partial charge on any atom is 0.323 e. The van der Waals surface area contributed by atoms with E-state index in [0.717, 1.165) is 11.3 Å². The van der Waals surface area contributed by atoms with Gasteiger partial charge in [-0.15, -0.1) is 0 Å². The summed E-state index contributed by atoms with van der Waals surface area (Å²) in [5.74, 6) is 1.34. The summed E-state index contributed by atoms with van der Waals surface area (Å²) in [5, 5.41) is 5.36. The average Bonchev–Trinajstić information content (AvgIpc) is 2.55. The summed E-state index contributed by atoms with van der Waals surface area (Å²) in [6.45, 7) is 0. The zero-order valence-electron chi connectivity index (χ0n) is 12.5. The van der Waals surface area contributed by atoms with Crippen molar-refractivity contribution in [3.63, 3.8) is 0 Å². The number of rotatable bonds is 5. The fraction of sp³-hybridized carbons (Fsp3) is 0.118. The van der Waals surface area contributed by atoms with Gasteiger partial charge in [0.2, 0.25) is 0 Å². The first kappa shape index (κ1) is 15.4. The van der Waals surface area contributed by atoms with Crippen molar-refractivity contribution >= 4 is 17.8 Å². The van der Waals surface area contributed by atoms with Crippen LogP contribution in [-0.2, 0) is 0 Å². The number of nitrogens with one attached hydrogen (secondary N) is 2. The summed E-state index contributed by atoms with van der Waals surface area (Å²) in [4.78, 5) is 11.9. The Kier molecular flexibility index (Phi) is 5.43. The molecule has 5 nitrogen and oxygen atoms in total. The third kappa shape index (κ3) is 4.02. The Morgan fingerprint density at radius 3 is 2.32 bits per heavy atom. The van der Waals surface area contributed by atoms with E-state index in [0.29, 0.717) is 11.4 Å². The van der Waals surface area contributed by atoms with Gasteiger partial charge in [-0.05, 0) is 24.3 Å². The summed E-state index contributed by atoms with van der Waals surface area (Å²) in [6, 6.07) is 14.4. The van der Waals surface area contributed by atoms with Gasteiger partial charge >= 0.3 is 6.03 Å². The zero-order chi connectivity index (χ0) is 15.8. The molecule has 0 aliphatic heterocycles. The summed E-state index contributed by atoms with van der Waals surface area (Å²) in [7, 11) is 3.16. The van der Waals surface area contributed by atoms with E-state index in [-0.39, 0.29) is 6.03 Å². The van der Waals surface area contributed by atoms with Gasteiger partial charge in [0.15, 0.2) is 0 Å². The summed E-state index contributed by atoms with van der Waals surface area (Å²) in [5.41, 5.74) is 1.48. The van der Waals surface area contributed by atoms with Gasteiger partial charge in [0, 0.05) is 11.8 Å². The molecule has 0 fully saturated rings. The quantitative estimate of drug-likeness (QED) is 0.888. The first-order valence-electron chi connectivity index (χ1n) is 6.74. The molecule has 0 aliphatic carbocycles. The van der Waals surface area contributed by atoms with Crippen LogP contribution in [0.5, 0.6) is 11.5 Å². The van der Waals surface area contributed by atoms with Crippen molar-refractivity contribution in [2.75, 3.05) is 19.5 Å². The summed E-state index contributed by atoms with van der Waals surface area (Å²) >= 11 is 0. The monoisotopic (exact) mass is 298 g/mol. The highest BCUT2D eigenvalue weighted by Gasteiger charge is 2.04. The van der Waals surface area contributed by atoms with Crippen LogP contribution >= 0.6 is 0 Å². The van der Waals surface area contributed by atoms with E-state index in [1.54, 1.807) is 38.6 Å². The molecular formula is C17H18N2O3. The van der Waals surface area contributed by atoms with E-state index in [2.05, 4.69) is 10.6 Å². The second-order valence-corrected chi connectivity index (χ2v) is 4.37. The average molecular weight is 298 g/mol. The molecule has 22 heavy (non-hydrogen) atoms. The fourth-order valence-electron chi connectivity index (χ4n) is 1.92. The molecule has 2 aromatic rings. The Bertz CT molecular complexity index is 668. The highest BCUT2D eigenvalue weighted by Crippen LogP contribution is 2.22. The van der Waals surface area contributed by atoms with Crippen molar-refractivity contribution in [3.05, 3.63) is 60.3 Å². The predicted octanol–water partition coefficient (Wildman–Crippen LogP) is 3.50. The van der Waals surface area contributed by atoms with E-state index in [4.69, 9.17) is 9.47 Å². The Balaban J connectivity index is 1.96. The maximum atomic E-state index is 11.9. The van der Waals surface area contributed by atoms with Crippen LogP contribution in [-0.4, -0.2) is 20.3 Å². The van der Waals surface area contributed by atoms with Gasteiger partial charge in [-0.3, -0.25) is 0 Å². The number of carbonyl (C=O) groups is 1.